The number of carbonyl (C=O) groups excluding carboxylic acids is 1. The van der Waals surface area contributed by atoms with E-state index < -0.39 is 5.97 Å². The summed E-state index contributed by atoms with van der Waals surface area (Å²) in [7, 11) is 0. The van der Waals surface area contributed by atoms with Crippen LogP contribution in [0.5, 0.6) is 0 Å². The van der Waals surface area contributed by atoms with Crippen LogP contribution in [0.15, 0.2) is 42.5 Å². The number of carboxylic acids is 1. The normalized spacial score (nSPS) is 13.3. The van der Waals surface area contributed by atoms with Crippen LogP contribution in [0.4, 0.5) is 5.69 Å². The van der Waals surface area contributed by atoms with Gasteiger partial charge in [0.15, 0.2) is 0 Å². The molecule has 1 aliphatic carbocycles. The number of aryl methyl sites for hydroxylation is 1. The van der Waals surface area contributed by atoms with Gasteiger partial charge >= 0.3 is 5.97 Å². The summed E-state index contributed by atoms with van der Waals surface area (Å²) in [6.07, 6.45) is 2.41. The van der Waals surface area contributed by atoms with E-state index in [0.29, 0.717) is 18.0 Å². The van der Waals surface area contributed by atoms with Gasteiger partial charge in [0.25, 0.3) is 5.91 Å². The molecule has 0 bridgehead atoms. The van der Waals surface area contributed by atoms with Gasteiger partial charge in [-0.1, -0.05) is 18.2 Å². The summed E-state index contributed by atoms with van der Waals surface area (Å²) >= 11 is 0. The lowest BCUT2D eigenvalue weighted by Gasteiger charge is -2.12. The van der Waals surface area contributed by atoms with Crippen LogP contribution in [-0.2, 0) is 6.54 Å². The van der Waals surface area contributed by atoms with E-state index >= 15 is 0 Å². The zero-order valence-electron chi connectivity index (χ0n) is 14.2. The van der Waals surface area contributed by atoms with E-state index in [1.807, 2.05) is 31.2 Å². The van der Waals surface area contributed by atoms with E-state index in [4.69, 9.17) is 5.11 Å². The second kappa shape index (κ2) is 7.38. The zero-order valence-corrected chi connectivity index (χ0v) is 14.2. The number of rotatable bonds is 7. The molecule has 3 N–H and O–H groups in total. The van der Waals surface area contributed by atoms with Crippen LogP contribution in [0.3, 0.4) is 0 Å². The second-order valence-electron chi connectivity index (χ2n) is 6.54. The second-order valence-corrected chi connectivity index (χ2v) is 6.54. The van der Waals surface area contributed by atoms with Gasteiger partial charge in [-0.15, -0.1) is 0 Å². The number of carbonyl (C=O) groups is 2. The molecule has 0 saturated heterocycles. The van der Waals surface area contributed by atoms with Crippen molar-refractivity contribution in [2.75, 3.05) is 11.9 Å². The van der Waals surface area contributed by atoms with Crippen molar-refractivity contribution >= 4 is 17.6 Å². The number of hydrogen-bond acceptors (Lipinski definition) is 3. The highest BCUT2D eigenvalue weighted by Crippen LogP contribution is 2.27. The van der Waals surface area contributed by atoms with E-state index in [9.17, 15) is 9.59 Å². The fourth-order valence-electron chi connectivity index (χ4n) is 2.63. The molecule has 1 amide bonds. The predicted molar refractivity (Wildman–Crippen MR) is 97.0 cm³/mol. The Morgan fingerprint density at radius 1 is 1.12 bits per heavy atom. The summed E-state index contributed by atoms with van der Waals surface area (Å²) in [4.78, 5) is 23.3. The molecule has 1 aliphatic rings. The average molecular weight is 338 g/mol. The van der Waals surface area contributed by atoms with Gasteiger partial charge < -0.3 is 15.7 Å². The molecule has 3 rings (SSSR count). The molecule has 0 spiro atoms. The first kappa shape index (κ1) is 17.0. The Kier molecular flexibility index (Phi) is 5.03. The van der Waals surface area contributed by atoms with Crippen LogP contribution >= 0.6 is 0 Å². The van der Waals surface area contributed by atoms with E-state index in [1.165, 1.54) is 12.8 Å². The van der Waals surface area contributed by atoms with Crippen LogP contribution in [0, 0.1) is 12.8 Å². The maximum absolute atomic E-state index is 12.2. The van der Waals surface area contributed by atoms with Gasteiger partial charge in [-0.3, -0.25) is 4.79 Å². The Labute approximate surface area is 147 Å². The molecule has 1 fully saturated rings. The number of amides is 1. The molecule has 0 aliphatic heterocycles. The lowest BCUT2D eigenvalue weighted by molar-refractivity contribution is 0.0696. The van der Waals surface area contributed by atoms with E-state index in [-0.39, 0.29) is 11.5 Å². The Morgan fingerprint density at radius 3 is 2.64 bits per heavy atom. The molecule has 0 heterocycles. The van der Waals surface area contributed by atoms with Crippen molar-refractivity contribution in [3.8, 4) is 0 Å². The number of anilines is 1. The van der Waals surface area contributed by atoms with Crippen LogP contribution < -0.4 is 10.6 Å². The van der Waals surface area contributed by atoms with Gasteiger partial charge in [-0.05, 0) is 61.1 Å². The molecule has 0 atom stereocenters. The van der Waals surface area contributed by atoms with Crippen molar-refractivity contribution in [3.63, 3.8) is 0 Å². The molecule has 5 nitrogen and oxygen atoms in total. The minimum atomic E-state index is -0.938. The maximum atomic E-state index is 12.2. The lowest BCUT2D eigenvalue weighted by atomic mass is 10.1. The van der Waals surface area contributed by atoms with Crippen molar-refractivity contribution in [1.82, 2.24) is 5.32 Å². The molecule has 1 saturated carbocycles. The Hall–Kier alpha value is -2.82. The summed E-state index contributed by atoms with van der Waals surface area (Å²) in [6, 6.07) is 12.4. The summed E-state index contributed by atoms with van der Waals surface area (Å²) in [5, 5.41) is 15.3. The molecule has 0 radical (unpaired) electrons. The highest BCUT2D eigenvalue weighted by atomic mass is 16.4. The van der Waals surface area contributed by atoms with Crippen molar-refractivity contribution in [1.29, 1.82) is 0 Å². The number of nitrogens with one attached hydrogen (secondary N) is 2. The van der Waals surface area contributed by atoms with E-state index in [2.05, 4.69) is 10.6 Å². The number of carboxylic acid groups (broad SMARTS) is 1. The van der Waals surface area contributed by atoms with Crippen molar-refractivity contribution in [2.24, 2.45) is 5.92 Å². The van der Waals surface area contributed by atoms with Gasteiger partial charge in [0, 0.05) is 24.3 Å². The predicted octanol–water partition coefficient (Wildman–Crippen LogP) is 3.45. The van der Waals surface area contributed by atoms with Gasteiger partial charge in [-0.2, -0.15) is 0 Å². The van der Waals surface area contributed by atoms with Crippen LogP contribution in [0.1, 0.15) is 44.7 Å². The Balaban J connectivity index is 1.66. The third kappa shape index (κ3) is 4.59. The molecular formula is C20H22N2O3. The summed E-state index contributed by atoms with van der Waals surface area (Å²) < 4.78 is 0. The van der Waals surface area contributed by atoms with Crippen molar-refractivity contribution in [2.45, 2.75) is 26.3 Å². The average Bonchev–Trinajstić information content (AvgIpc) is 3.43. The first-order chi connectivity index (χ1) is 12.0. The number of benzene rings is 2. The van der Waals surface area contributed by atoms with Gasteiger partial charge in [0.05, 0.1) is 5.56 Å². The Morgan fingerprint density at radius 2 is 1.92 bits per heavy atom. The number of hydrogen-bond donors (Lipinski definition) is 3. The molecule has 0 aromatic heterocycles. The highest BCUT2D eigenvalue weighted by Gasteiger charge is 2.22. The van der Waals surface area contributed by atoms with Crippen LogP contribution in [-0.4, -0.2) is 23.5 Å². The van der Waals surface area contributed by atoms with E-state index in [1.54, 1.807) is 18.2 Å². The summed E-state index contributed by atoms with van der Waals surface area (Å²) in [5.74, 6) is -0.344. The molecule has 0 unspecified atom stereocenters. The zero-order chi connectivity index (χ0) is 17.8. The fraction of sp³-hybridized carbons (Fsp3) is 0.300. The van der Waals surface area contributed by atoms with Crippen LogP contribution in [0.25, 0.3) is 0 Å². The molecule has 5 heteroatoms. The summed E-state index contributed by atoms with van der Waals surface area (Å²) in [5.41, 5.74) is 3.69. The van der Waals surface area contributed by atoms with Crippen molar-refractivity contribution in [3.05, 3.63) is 64.7 Å². The van der Waals surface area contributed by atoms with Crippen LogP contribution in [0.2, 0.25) is 0 Å². The largest absolute Gasteiger partial charge is 0.478 e. The smallest absolute Gasteiger partial charge is 0.335 e. The Bertz CT molecular complexity index is 797. The summed E-state index contributed by atoms with van der Waals surface area (Å²) in [6.45, 7) is 3.22. The first-order valence-corrected chi connectivity index (χ1v) is 8.48. The number of aromatic carboxylic acids is 1. The fourth-order valence-corrected chi connectivity index (χ4v) is 2.63. The minimum Gasteiger partial charge on any atom is -0.478 e. The molecular weight excluding hydrogens is 316 g/mol. The topological polar surface area (TPSA) is 78.4 Å². The first-order valence-electron chi connectivity index (χ1n) is 8.48. The van der Waals surface area contributed by atoms with Crippen molar-refractivity contribution < 1.29 is 14.7 Å². The third-order valence-electron chi connectivity index (χ3n) is 4.40. The monoisotopic (exact) mass is 338 g/mol. The SMILES string of the molecule is Cc1ccc(C(=O)NCC2CC2)cc1NCc1cccc(C(=O)O)c1. The van der Waals surface area contributed by atoms with Gasteiger partial charge in [0.1, 0.15) is 0 Å². The molecule has 2 aromatic carbocycles. The minimum absolute atomic E-state index is 0.0529. The maximum Gasteiger partial charge on any atom is 0.335 e. The third-order valence-corrected chi connectivity index (χ3v) is 4.40. The quantitative estimate of drug-likeness (QED) is 0.722. The van der Waals surface area contributed by atoms with Gasteiger partial charge in [0.2, 0.25) is 0 Å². The molecule has 130 valence electrons. The lowest BCUT2D eigenvalue weighted by Crippen LogP contribution is -2.25. The standard InChI is InChI=1S/C20H22N2O3/c1-13-5-8-16(19(23)22-11-14-6-7-14)10-18(13)21-12-15-3-2-4-17(9-15)20(24)25/h2-5,8-10,14,21H,6-7,11-12H2,1H3,(H,22,23)(H,24,25). The highest BCUT2D eigenvalue weighted by molar-refractivity contribution is 5.95. The van der Waals surface area contributed by atoms with Gasteiger partial charge in [-0.25, -0.2) is 4.79 Å². The van der Waals surface area contributed by atoms with E-state index in [0.717, 1.165) is 23.4 Å². The molecule has 2 aromatic rings. The molecule has 25 heavy (non-hydrogen) atoms.